The van der Waals surface area contributed by atoms with Crippen LogP contribution in [0.2, 0.25) is 5.02 Å². The molecule has 1 fully saturated rings. The Balaban J connectivity index is 1.56. The minimum atomic E-state index is -3.23. The molecule has 0 unspecified atom stereocenters. The number of methoxy groups -OCH3 is 1. The number of aromatic nitrogens is 2. The van der Waals surface area contributed by atoms with E-state index in [-0.39, 0.29) is 22.9 Å². The molecule has 3 aromatic rings. The molecule has 11 heteroatoms. The fourth-order valence-electron chi connectivity index (χ4n) is 3.97. The molecule has 1 saturated carbocycles. The maximum Gasteiger partial charge on any atom is 0.211 e. The Labute approximate surface area is 202 Å². The number of sulfonamides is 1. The molecule has 2 N–H and O–H groups in total. The molecule has 1 aromatic heterocycles. The Morgan fingerprint density at radius 2 is 1.91 bits per heavy atom. The molecule has 0 radical (unpaired) electrons. The zero-order valence-corrected chi connectivity index (χ0v) is 20.4. The molecule has 34 heavy (non-hydrogen) atoms. The highest BCUT2D eigenvalue weighted by Gasteiger charge is 2.27. The number of rotatable bonds is 8. The Hall–Kier alpha value is -2.69. The molecular weight excluding hydrogens is 483 g/mol. The van der Waals surface area contributed by atoms with Crippen LogP contribution in [0, 0.1) is 5.82 Å². The summed E-state index contributed by atoms with van der Waals surface area (Å²) in [6.07, 6.45) is 4.07. The summed E-state index contributed by atoms with van der Waals surface area (Å²) in [6, 6.07) is 7.86. The highest BCUT2D eigenvalue weighted by Crippen LogP contribution is 2.39. The SMILES string of the molecule is CCS(=O)(=O)NC1CCC(Oc2c(OC)ccc3c(Nc4ccc(F)c(Cl)c4)ncnc23)CC1. The number of nitrogens with zero attached hydrogens (tertiary/aromatic N) is 2. The summed E-state index contributed by atoms with van der Waals surface area (Å²) in [5, 5.41) is 3.86. The molecule has 1 heterocycles. The van der Waals surface area contributed by atoms with Crippen molar-refractivity contribution in [3.8, 4) is 11.5 Å². The van der Waals surface area contributed by atoms with Crippen molar-refractivity contribution >= 4 is 44.0 Å². The van der Waals surface area contributed by atoms with Gasteiger partial charge in [0.25, 0.3) is 0 Å². The second-order valence-electron chi connectivity index (χ2n) is 8.08. The second-order valence-corrected chi connectivity index (χ2v) is 10.5. The fraction of sp³-hybridized carbons (Fsp3) is 0.391. The number of ether oxygens (including phenoxy) is 2. The van der Waals surface area contributed by atoms with Crippen LogP contribution in [0.3, 0.4) is 0 Å². The van der Waals surface area contributed by atoms with Gasteiger partial charge in [0, 0.05) is 17.1 Å². The van der Waals surface area contributed by atoms with E-state index in [1.54, 1.807) is 26.2 Å². The Morgan fingerprint density at radius 3 is 2.59 bits per heavy atom. The molecule has 8 nitrogen and oxygen atoms in total. The van der Waals surface area contributed by atoms with Gasteiger partial charge in [-0.25, -0.2) is 27.5 Å². The van der Waals surface area contributed by atoms with Crippen LogP contribution in [0.1, 0.15) is 32.6 Å². The number of fused-ring (bicyclic) bond motifs is 1. The molecule has 0 aliphatic heterocycles. The summed E-state index contributed by atoms with van der Waals surface area (Å²) >= 11 is 5.90. The maximum atomic E-state index is 13.5. The molecule has 0 atom stereocenters. The highest BCUT2D eigenvalue weighted by molar-refractivity contribution is 7.89. The molecule has 1 aliphatic carbocycles. The highest BCUT2D eigenvalue weighted by atomic mass is 35.5. The van der Waals surface area contributed by atoms with Gasteiger partial charge in [-0.2, -0.15) is 0 Å². The van der Waals surface area contributed by atoms with Crippen LogP contribution in [-0.2, 0) is 10.0 Å². The number of benzene rings is 2. The summed E-state index contributed by atoms with van der Waals surface area (Å²) in [7, 11) is -1.67. The summed E-state index contributed by atoms with van der Waals surface area (Å²) in [5.41, 5.74) is 1.15. The van der Waals surface area contributed by atoms with E-state index in [0.29, 0.717) is 59.6 Å². The molecule has 1 aliphatic rings. The van der Waals surface area contributed by atoms with Crippen LogP contribution < -0.4 is 19.5 Å². The van der Waals surface area contributed by atoms with E-state index in [1.165, 1.54) is 18.5 Å². The summed E-state index contributed by atoms with van der Waals surface area (Å²) < 4.78 is 51.9. The third-order valence-electron chi connectivity index (χ3n) is 5.81. The van der Waals surface area contributed by atoms with Gasteiger partial charge < -0.3 is 14.8 Å². The van der Waals surface area contributed by atoms with Crippen LogP contribution in [0.5, 0.6) is 11.5 Å². The molecule has 182 valence electrons. The van der Waals surface area contributed by atoms with Crippen molar-refractivity contribution in [2.45, 2.75) is 44.8 Å². The first-order valence-corrected chi connectivity index (χ1v) is 13.0. The normalized spacial score (nSPS) is 18.6. The van der Waals surface area contributed by atoms with Gasteiger partial charge in [-0.15, -0.1) is 0 Å². The lowest BCUT2D eigenvalue weighted by atomic mass is 9.93. The number of hydrogen-bond acceptors (Lipinski definition) is 7. The monoisotopic (exact) mass is 508 g/mol. The van der Waals surface area contributed by atoms with Crippen molar-refractivity contribution in [1.82, 2.24) is 14.7 Å². The second kappa shape index (κ2) is 10.3. The predicted molar refractivity (Wildman–Crippen MR) is 130 cm³/mol. The third-order valence-corrected chi connectivity index (χ3v) is 7.55. The minimum Gasteiger partial charge on any atom is -0.493 e. The minimum absolute atomic E-state index is 0.00545. The van der Waals surface area contributed by atoms with E-state index in [0.717, 1.165) is 0 Å². The smallest absolute Gasteiger partial charge is 0.211 e. The van der Waals surface area contributed by atoms with Gasteiger partial charge in [0.2, 0.25) is 10.0 Å². The van der Waals surface area contributed by atoms with E-state index in [9.17, 15) is 12.8 Å². The van der Waals surface area contributed by atoms with E-state index < -0.39 is 15.8 Å². The Bertz CT molecular complexity index is 1280. The first-order valence-electron chi connectivity index (χ1n) is 11.0. The van der Waals surface area contributed by atoms with Crippen molar-refractivity contribution in [3.05, 3.63) is 47.5 Å². The van der Waals surface area contributed by atoms with Crippen molar-refractivity contribution in [2.75, 3.05) is 18.2 Å². The van der Waals surface area contributed by atoms with Gasteiger partial charge in [-0.1, -0.05) is 11.6 Å². The lowest BCUT2D eigenvalue weighted by molar-refractivity contribution is 0.141. The number of hydrogen-bond donors (Lipinski definition) is 2. The average molecular weight is 509 g/mol. The van der Waals surface area contributed by atoms with Gasteiger partial charge in [-0.3, -0.25) is 0 Å². The third kappa shape index (κ3) is 5.51. The van der Waals surface area contributed by atoms with Crippen LogP contribution >= 0.6 is 11.6 Å². The Kier molecular flexibility index (Phi) is 7.39. The standard InChI is InChI=1S/C23H26ClFN4O4S/c1-3-34(30,31)29-14-4-7-16(8-5-14)33-22-20(32-2)11-9-17-21(22)26-13-27-23(17)28-15-6-10-19(25)18(24)12-15/h6,9-14,16,29H,3-5,7-8H2,1-2H3,(H,26,27,28). The van der Waals surface area contributed by atoms with E-state index in [4.69, 9.17) is 21.1 Å². The number of halogens is 2. The van der Waals surface area contributed by atoms with Crippen LogP contribution in [0.25, 0.3) is 10.9 Å². The fourth-order valence-corrected chi connectivity index (χ4v) is 5.06. The molecule has 0 saturated heterocycles. The summed E-state index contributed by atoms with van der Waals surface area (Å²) in [4.78, 5) is 8.76. The van der Waals surface area contributed by atoms with Gasteiger partial charge in [0.05, 0.1) is 24.0 Å². The topological polar surface area (TPSA) is 102 Å². The van der Waals surface area contributed by atoms with Crippen molar-refractivity contribution < 1.29 is 22.3 Å². The quantitative estimate of drug-likeness (QED) is 0.450. The van der Waals surface area contributed by atoms with Crippen molar-refractivity contribution in [3.63, 3.8) is 0 Å². The number of nitrogens with one attached hydrogen (secondary N) is 2. The molecule has 2 aromatic carbocycles. The summed E-state index contributed by atoms with van der Waals surface area (Å²) in [6.45, 7) is 1.62. The van der Waals surface area contributed by atoms with Gasteiger partial charge >= 0.3 is 0 Å². The molecule has 4 rings (SSSR count). The van der Waals surface area contributed by atoms with Gasteiger partial charge in [-0.05, 0) is 62.9 Å². The van der Waals surface area contributed by atoms with Crippen LogP contribution in [-0.4, -0.2) is 43.4 Å². The van der Waals surface area contributed by atoms with Crippen molar-refractivity contribution in [1.29, 1.82) is 0 Å². The zero-order chi connectivity index (χ0) is 24.3. The largest absolute Gasteiger partial charge is 0.493 e. The van der Waals surface area contributed by atoms with Crippen LogP contribution in [0.15, 0.2) is 36.7 Å². The first-order chi connectivity index (χ1) is 16.3. The first kappa shape index (κ1) is 24.4. The maximum absolute atomic E-state index is 13.5. The average Bonchev–Trinajstić information content (AvgIpc) is 2.83. The molecular formula is C23H26ClFN4O4S. The number of anilines is 2. The van der Waals surface area contributed by atoms with E-state index in [1.807, 2.05) is 6.07 Å². The lowest BCUT2D eigenvalue weighted by Crippen LogP contribution is -2.40. The Morgan fingerprint density at radius 1 is 1.15 bits per heavy atom. The lowest BCUT2D eigenvalue weighted by Gasteiger charge is -2.30. The van der Waals surface area contributed by atoms with E-state index >= 15 is 0 Å². The van der Waals surface area contributed by atoms with Crippen molar-refractivity contribution in [2.24, 2.45) is 0 Å². The predicted octanol–water partition coefficient (Wildman–Crippen LogP) is 4.80. The van der Waals surface area contributed by atoms with Crippen LogP contribution in [0.4, 0.5) is 15.9 Å². The molecule has 0 spiro atoms. The zero-order valence-electron chi connectivity index (χ0n) is 18.8. The van der Waals surface area contributed by atoms with Gasteiger partial charge in [0.1, 0.15) is 23.5 Å². The van der Waals surface area contributed by atoms with E-state index in [2.05, 4.69) is 20.0 Å². The molecule has 0 bridgehead atoms. The molecule has 0 amide bonds. The summed E-state index contributed by atoms with van der Waals surface area (Å²) in [5.74, 6) is 1.11. The van der Waals surface area contributed by atoms with Gasteiger partial charge in [0.15, 0.2) is 11.5 Å².